The Labute approximate surface area is 122 Å². The summed E-state index contributed by atoms with van der Waals surface area (Å²) in [5, 5.41) is 3.49. The summed E-state index contributed by atoms with van der Waals surface area (Å²) in [6, 6.07) is 9.18. The lowest BCUT2D eigenvalue weighted by Crippen LogP contribution is -2.46. The summed E-state index contributed by atoms with van der Waals surface area (Å²) < 4.78 is 23.9. The van der Waals surface area contributed by atoms with Gasteiger partial charge in [-0.2, -0.15) is 0 Å². The van der Waals surface area contributed by atoms with E-state index < -0.39 is 9.84 Å². The second-order valence-electron chi connectivity index (χ2n) is 5.68. The molecule has 0 unspecified atom stereocenters. The van der Waals surface area contributed by atoms with Crippen molar-refractivity contribution < 1.29 is 8.42 Å². The second kappa shape index (κ2) is 5.19. The van der Waals surface area contributed by atoms with Crippen LogP contribution < -0.4 is 5.32 Å². The highest BCUT2D eigenvalue weighted by Gasteiger charge is 2.35. The molecule has 1 saturated carbocycles. The van der Waals surface area contributed by atoms with Gasteiger partial charge in [-0.1, -0.05) is 28.1 Å². The molecule has 1 atom stereocenters. The monoisotopic (exact) mass is 343 g/mol. The van der Waals surface area contributed by atoms with Gasteiger partial charge in [0.2, 0.25) is 0 Å². The van der Waals surface area contributed by atoms with Crippen molar-refractivity contribution >= 4 is 25.8 Å². The highest BCUT2D eigenvalue weighted by Crippen LogP contribution is 2.37. The molecule has 1 N–H and O–H groups in total. The molecular formula is C14H18BrNO2S. The molecule has 1 aliphatic heterocycles. The van der Waals surface area contributed by atoms with Crippen LogP contribution in [-0.2, 0) is 9.84 Å². The quantitative estimate of drug-likeness (QED) is 0.916. The van der Waals surface area contributed by atoms with Gasteiger partial charge in [-0.15, -0.1) is 0 Å². The van der Waals surface area contributed by atoms with Gasteiger partial charge in [0.05, 0.1) is 11.5 Å². The van der Waals surface area contributed by atoms with Crippen molar-refractivity contribution in [2.75, 3.05) is 11.5 Å². The van der Waals surface area contributed by atoms with Gasteiger partial charge in [-0.3, -0.25) is 0 Å². The predicted molar refractivity (Wildman–Crippen MR) is 80.1 cm³/mol. The lowest BCUT2D eigenvalue weighted by atomic mass is 9.75. The van der Waals surface area contributed by atoms with Crippen molar-refractivity contribution in [3.8, 4) is 0 Å². The summed E-state index contributed by atoms with van der Waals surface area (Å²) in [5.41, 5.74) is 1.39. The Morgan fingerprint density at radius 3 is 2.37 bits per heavy atom. The van der Waals surface area contributed by atoms with Gasteiger partial charge in [0.25, 0.3) is 0 Å². The Bertz CT molecular complexity index is 549. The van der Waals surface area contributed by atoms with E-state index >= 15 is 0 Å². The summed E-state index contributed by atoms with van der Waals surface area (Å²) in [4.78, 5) is 0. The Balaban J connectivity index is 1.49. The minimum Gasteiger partial charge on any atom is -0.310 e. The average Bonchev–Trinajstić information content (AvgIpc) is 2.64. The normalized spacial score (nSPS) is 33.0. The van der Waals surface area contributed by atoms with E-state index in [4.69, 9.17) is 0 Å². The van der Waals surface area contributed by atoms with E-state index in [2.05, 4.69) is 45.5 Å². The summed E-state index contributed by atoms with van der Waals surface area (Å²) in [7, 11) is -2.76. The molecule has 0 radical (unpaired) electrons. The fourth-order valence-electron chi connectivity index (χ4n) is 3.02. The Kier molecular flexibility index (Phi) is 3.71. The first-order chi connectivity index (χ1) is 9.02. The maximum absolute atomic E-state index is 11.4. The summed E-state index contributed by atoms with van der Waals surface area (Å²) >= 11 is 3.45. The maximum Gasteiger partial charge on any atom is 0.151 e. The van der Waals surface area contributed by atoms with Crippen LogP contribution in [0.25, 0.3) is 0 Å². The Morgan fingerprint density at radius 1 is 1.11 bits per heavy atom. The van der Waals surface area contributed by atoms with Gasteiger partial charge in [-0.25, -0.2) is 8.42 Å². The molecule has 1 aromatic carbocycles. The summed E-state index contributed by atoms with van der Waals surface area (Å²) in [6.45, 7) is 0. The summed E-state index contributed by atoms with van der Waals surface area (Å²) in [5.74, 6) is 1.31. The molecule has 3 nitrogen and oxygen atoms in total. The van der Waals surface area contributed by atoms with Crippen LogP contribution in [0.15, 0.2) is 28.7 Å². The zero-order valence-electron chi connectivity index (χ0n) is 10.7. The van der Waals surface area contributed by atoms with E-state index in [0.717, 1.165) is 23.7 Å². The van der Waals surface area contributed by atoms with Gasteiger partial charge in [0, 0.05) is 16.6 Å². The van der Waals surface area contributed by atoms with E-state index in [1.165, 1.54) is 5.56 Å². The van der Waals surface area contributed by atoms with Crippen molar-refractivity contribution in [3.05, 3.63) is 34.3 Å². The molecule has 1 aromatic rings. The molecular weight excluding hydrogens is 326 g/mol. The van der Waals surface area contributed by atoms with Crippen LogP contribution in [0, 0.1) is 0 Å². The molecule has 1 saturated heterocycles. The van der Waals surface area contributed by atoms with Crippen LogP contribution in [-0.4, -0.2) is 32.0 Å². The molecule has 2 fully saturated rings. The standard InChI is InChI=1S/C14H18BrNO2S/c15-12-3-1-10(2-4-12)11-7-14(8-11)16-13-5-6-19(17,18)9-13/h1-4,11,13-14,16H,5-9H2/t11?,13-,14?/m0/s1. The molecule has 1 heterocycles. The molecule has 0 spiro atoms. The van der Waals surface area contributed by atoms with Crippen LogP contribution in [0.1, 0.15) is 30.7 Å². The van der Waals surface area contributed by atoms with Crippen molar-refractivity contribution in [1.82, 2.24) is 5.32 Å². The molecule has 104 valence electrons. The molecule has 0 bridgehead atoms. The van der Waals surface area contributed by atoms with Crippen LogP contribution in [0.3, 0.4) is 0 Å². The van der Waals surface area contributed by atoms with E-state index in [-0.39, 0.29) is 6.04 Å². The number of benzene rings is 1. The third-order valence-corrected chi connectivity index (χ3v) is 6.48. The molecule has 3 rings (SSSR count). The predicted octanol–water partition coefficient (Wildman–Crippen LogP) is 2.47. The third kappa shape index (κ3) is 3.20. The van der Waals surface area contributed by atoms with E-state index in [0.29, 0.717) is 23.5 Å². The van der Waals surface area contributed by atoms with Crippen molar-refractivity contribution in [2.24, 2.45) is 0 Å². The second-order valence-corrected chi connectivity index (χ2v) is 8.83. The van der Waals surface area contributed by atoms with Crippen molar-refractivity contribution in [1.29, 1.82) is 0 Å². The van der Waals surface area contributed by atoms with Crippen LogP contribution in [0.2, 0.25) is 0 Å². The van der Waals surface area contributed by atoms with E-state index in [1.807, 2.05) is 0 Å². The molecule has 1 aliphatic carbocycles. The number of sulfone groups is 1. The van der Waals surface area contributed by atoms with Gasteiger partial charge in [0.1, 0.15) is 0 Å². The fraction of sp³-hybridized carbons (Fsp3) is 0.571. The average molecular weight is 344 g/mol. The first-order valence-corrected chi connectivity index (χ1v) is 9.35. The first kappa shape index (κ1) is 13.6. The SMILES string of the molecule is O=S1(=O)CC[C@H](NC2CC(c3ccc(Br)cc3)C2)C1. The number of halogens is 1. The van der Waals surface area contributed by atoms with Gasteiger partial charge >= 0.3 is 0 Å². The molecule has 0 amide bonds. The lowest BCUT2D eigenvalue weighted by Gasteiger charge is -2.38. The van der Waals surface area contributed by atoms with Crippen LogP contribution in [0.5, 0.6) is 0 Å². The molecule has 0 aromatic heterocycles. The highest BCUT2D eigenvalue weighted by molar-refractivity contribution is 9.10. The minimum absolute atomic E-state index is 0.181. The third-order valence-electron chi connectivity index (χ3n) is 4.18. The fourth-order valence-corrected chi connectivity index (χ4v) is 4.97. The first-order valence-electron chi connectivity index (χ1n) is 6.74. The van der Waals surface area contributed by atoms with E-state index in [9.17, 15) is 8.42 Å². The maximum atomic E-state index is 11.4. The number of nitrogens with one attached hydrogen (secondary N) is 1. The van der Waals surface area contributed by atoms with Crippen LogP contribution >= 0.6 is 15.9 Å². The molecule has 5 heteroatoms. The molecule has 2 aliphatic rings. The van der Waals surface area contributed by atoms with Crippen molar-refractivity contribution in [3.63, 3.8) is 0 Å². The topological polar surface area (TPSA) is 46.2 Å². The van der Waals surface area contributed by atoms with E-state index in [1.54, 1.807) is 0 Å². The van der Waals surface area contributed by atoms with Gasteiger partial charge in [-0.05, 0) is 42.9 Å². The smallest absolute Gasteiger partial charge is 0.151 e. The zero-order valence-corrected chi connectivity index (χ0v) is 13.1. The number of rotatable bonds is 3. The largest absolute Gasteiger partial charge is 0.310 e. The summed E-state index contributed by atoms with van der Waals surface area (Å²) in [6.07, 6.45) is 3.03. The molecule has 19 heavy (non-hydrogen) atoms. The minimum atomic E-state index is -2.76. The number of hydrogen-bond acceptors (Lipinski definition) is 3. The van der Waals surface area contributed by atoms with Crippen molar-refractivity contribution in [2.45, 2.75) is 37.3 Å². The van der Waals surface area contributed by atoms with Gasteiger partial charge in [0.15, 0.2) is 9.84 Å². The highest BCUT2D eigenvalue weighted by atomic mass is 79.9. The zero-order chi connectivity index (χ0) is 13.5. The Morgan fingerprint density at radius 2 is 1.79 bits per heavy atom. The Hall–Kier alpha value is -0.390. The van der Waals surface area contributed by atoms with Gasteiger partial charge < -0.3 is 5.32 Å². The van der Waals surface area contributed by atoms with Crippen LogP contribution in [0.4, 0.5) is 0 Å². The number of hydrogen-bond donors (Lipinski definition) is 1. The lowest BCUT2D eigenvalue weighted by molar-refractivity contribution is 0.271.